The van der Waals surface area contributed by atoms with E-state index in [0.717, 1.165) is 22.8 Å². The maximum atomic E-state index is 13.0. The van der Waals surface area contributed by atoms with Gasteiger partial charge in [0.25, 0.3) is 0 Å². The van der Waals surface area contributed by atoms with E-state index in [2.05, 4.69) is 20.8 Å². The summed E-state index contributed by atoms with van der Waals surface area (Å²) in [4.78, 5) is 0. The fraction of sp³-hybridized carbons (Fsp3) is 0.556. The van der Waals surface area contributed by atoms with Crippen LogP contribution in [-0.2, 0) is 10.8 Å². The summed E-state index contributed by atoms with van der Waals surface area (Å²) in [7, 11) is 0. The zero-order valence-corrected chi connectivity index (χ0v) is 13.9. The summed E-state index contributed by atoms with van der Waals surface area (Å²) in [6, 6.07) is 3.90. The SMILES string of the molecule is CC(C)(C)c1cc2c(c(C(C)(C)C)c1)O[C@H](C(F)(F)F)C=C2. The van der Waals surface area contributed by atoms with Gasteiger partial charge in [0.05, 0.1) is 0 Å². The molecule has 1 aliphatic rings. The molecule has 0 amide bonds. The Hall–Kier alpha value is -1.45. The van der Waals surface area contributed by atoms with Crippen molar-refractivity contribution in [2.75, 3.05) is 0 Å². The molecule has 0 fully saturated rings. The highest BCUT2D eigenvalue weighted by molar-refractivity contribution is 5.65. The Labute approximate surface area is 130 Å². The van der Waals surface area contributed by atoms with Crippen LogP contribution in [0.2, 0.25) is 0 Å². The van der Waals surface area contributed by atoms with Crippen molar-refractivity contribution in [2.24, 2.45) is 0 Å². The van der Waals surface area contributed by atoms with Crippen LogP contribution in [0.15, 0.2) is 18.2 Å². The summed E-state index contributed by atoms with van der Waals surface area (Å²) in [5.41, 5.74) is 2.25. The molecule has 0 bridgehead atoms. The van der Waals surface area contributed by atoms with Gasteiger partial charge in [-0.3, -0.25) is 0 Å². The predicted octanol–water partition coefficient (Wildman–Crippen LogP) is 5.62. The van der Waals surface area contributed by atoms with Crippen molar-refractivity contribution in [3.8, 4) is 5.75 Å². The van der Waals surface area contributed by atoms with Gasteiger partial charge < -0.3 is 4.74 Å². The maximum Gasteiger partial charge on any atom is 0.429 e. The first-order valence-corrected chi connectivity index (χ1v) is 7.41. The second kappa shape index (κ2) is 5.04. The molecule has 1 heterocycles. The molecule has 0 spiro atoms. The van der Waals surface area contributed by atoms with Gasteiger partial charge in [-0.15, -0.1) is 0 Å². The molecule has 2 rings (SSSR count). The van der Waals surface area contributed by atoms with Crippen molar-refractivity contribution in [1.82, 2.24) is 0 Å². The standard InChI is InChI=1S/C18H23F3O/c1-16(2,3)12-9-11-7-8-14(18(19,20)21)22-15(11)13(10-12)17(4,5)6/h7-10,14H,1-6H3/t14-/m0/s1. The lowest BCUT2D eigenvalue weighted by Gasteiger charge is -2.32. The Kier molecular flexibility index (Phi) is 3.87. The van der Waals surface area contributed by atoms with Crippen molar-refractivity contribution >= 4 is 6.08 Å². The number of fused-ring (bicyclic) bond motifs is 1. The average Bonchev–Trinajstić information content (AvgIpc) is 2.33. The monoisotopic (exact) mass is 312 g/mol. The van der Waals surface area contributed by atoms with Crippen LogP contribution in [0.1, 0.15) is 58.2 Å². The lowest BCUT2D eigenvalue weighted by atomic mass is 9.78. The molecule has 1 atom stereocenters. The minimum Gasteiger partial charge on any atom is -0.476 e. The Morgan fingerprint density at radius 1 is 0.909 bits per heavy atom. The number of halogens is 3. The molecule has 0 radical (unpaired) electrons. The van der Waals surface area contributed by atoms with E-state index in [-0.39, 0.29) is 10.8 Å². The van der Waals surface area contributed by atoms with Gasteiger partial charge in [0.1, 0.15) is 5.75 Å². The molecule has 22 heavy (non-hydrogen) atoms. The van der Waals surface area contributed by atoms with Gasteiger partial charge in [0, 0.05) is 11.1 Å². The van der Waals surface area contributed by atoms with E-state index in [0.29, 0.717) is 5.75 Å². The van der Waals surface area contributed by atoms with Crippen molar-refractivity contribution in [2.45, 2.75) is 64.7 Å². The maximum absolute atomic E-state index is 13.0. The first-order valence-electron chi connectivity index (χ1n) is 7.41. The molecular weight excluding hydrogens is 289 g/mol. The molecule has 1 aromatic rings. The Morgan fingerprint density at radius 2 is 1.50 bits per heavy atom. The Balaban J connectivity index is 2.62. The lowest BCUT2D eigenvalue weighted by Crippen LogP contribution is -2.35. The molecule has 1 nitrogen and oxygen atoms in total. The fourth-order valence-corrected chi connectivity index (χ4v) is 2.43. The number of benzene rings is 1. The molecule has 0 saturated heterocycles. The molecule has 0 unspecified atom stereocenters. The summed E-state index contributed by atoms with van der Waals surface area (Å²) in [6.45, 7) is 12.2. The molecular formula is C18H23F3O. The van der Waals surface area contributed by atoms with Gasteiger partial charge in [-0.2, -0.15) is 13.2 Å². The second-order valence-electron chi connectivity index (χ2n) is 7.88. The fourth-order valence-electron chi connectivity index (χ4n) is 2.43. The lowest BCUT2D eigenvalue weighted by molar-refractivity contribution is -0.180. The van der Waals surface area contributed by atoms with E-state index < -0.39 is 12.3 Å². The van der Waals surface area contributed by atoms with E-state index in [1.54, 1.807) is 0 Å². The van der Waals surface area contributed by atoms with Crippen LogP contribution >= 0.6 is 0 Å². The smallest absolute Gasteiger partial charge is 0.429 e. The highest BCUT2D eigenvalue weighted by atomic mass is 19.4. The minimum atomic E-state index is -4.40. The summed E-state index contributed by atoms with van der Waals surface area (Å²) >= 11 is 0. The number of rotatable bonds is 0. The largest absolute Gasteiger partial charge is 0.476 e. The molecule has 1 aliphatic heterocycles. The van der Waals surface area contributed by atoms with Gasteiger partial charge >= 0.3 is 6.18 Å². The van der Waals surface area contributed by atoms with Gasteiger partial charge in [-0.25, -0.2) is 0 Å². The average molecular weight is 312 g/mol. The summed E-state index contributed by atoms with van der Waals surface area (Å²) in [6.07, 6.45) is -3.66. The normalized spacial score (nSPS) is 18.9. The van der Waals surface area contributed by atoms with E-state index >= 15 is 0 Å². The number of alkyl halides is 3. The highest BCUT2D eigenvalue weighted by Gasteiger charge is 2.42. The topological polar surface area (TPSA) is 9.23 Å². The predicted molar refractivity (Wildman–Crippen MR) is 83.3 cm³/mol. The van der Waals surface area contributed by atoms with E-state index in [1.165, 1.54) is 6.08 Å². The quantitative estimate of drug-likeness (QED) is 0.604. The zero-order chi connectivity index (χ0) is 16.9. The molecule has 0 N–H and O–H groups in total. The Morgan fingerprint density at radius 3 is 1.95 bits per heavy atom. The van der Waals surface area contributed by atoms with Gasteiger partial charge in [0.15, 0.2) is 0 Å². The molecule has 0 aromatic heterocycles. The van der Waals surface area contributed by atoms with E-state index in [1.807, 2.05) is 32.9 Å². The van der Waals surface area contributed by atoms with E-state index in [9.17, 15) is 13.2 Å². The van der Waals surface area contributed by atoms with E-state index in [4.69, 9.17) is 4.74 Å². The number of hydrogen-bond acceptors (Lipinski definition) is 1. The first-order chi connectivity index (χ1) is 9.80. The third-order valence-corrected chi connectivity index (χ3v) is 3.81. The number of ether oxygens (including phenoxy) is 1. The minimum absolute atomic E-state index is 0.0796. The molecule has 0 aliphatic carbocycles. The third-order valence-electron chi connectivity index (χ3n) is 3.81. The van der Waals surface area contributed by atoms with Gasteiger partial charge in [0.2, 0.25) is 6.10 Å². The first kappa shape index (κ1) is 16.9. The van der Waals surface area contributed by atoms with Crippen molar-refractivity contribution in [3.63, 3.8) is 0 Å². The molecule has 4 heteroatoms. The van der Waals surface area contributed by atoms with Crippen LogP contribution in [0.4, 0.5) is 13.2 Å². The van der Waals surface area contributed by atoms with Crippen molar-refractivity contribution < 1.29 is 17.9 Å². The van der Waals surface area contributed by atoms with Crippen LogP contribution in [0.5, 0.6) is 5.75 Å². The summed E-state index contributed by atoms with van der Waals surface area (Å²) < 4.78 is 44.2. The Bertz CT molecular complexity index is 598. The summed E-state index contributed by atoms with van der Waals surface area (Å²) in [5.74, 6) is 0.352. The molecule has 0 saturated carbocycles. The molecule has 1 aromatic carbocycles. The van der Waals surface area contributed by atoms with Gasteiger partial charge in [-0.05, 0) is 28.5 Å². The van der Waals surface area contributed by atoms with Crippen LogP contribution in [-0.4, -0.2) is 12.3 Å². The van der Waals surface area contributed by atoms with Crippen LogP contribution in [0.25, 0.3) is 6.08 Å². The number of hydrogen-bond donors (Lipinski definition) is 0. The third kappa shape index (κ3) is 3.31. The van der Waals surface area contributed by atoms with Crippen LogP contribution < -0.4 is 4.74 Å². The highest BCUT2D eigenvalue weighted by Crippen LogP contribution is 2.42. The van der Waals surface area contributed by atoms with Crippen LogP contribution in [0, 0.1) is 0 Å². The molecule has 122 valence electrons. The van der Waals surface area contributed by atoms with Crippen molar-refractivity contribution in [1.29, 1.82) is 0 Å². The summed E-state index contributed by atoms with van der Waals surface area (Å²) in [5, 5.41) is 0. The van der Waals surface area contributed by atoms with Gasteiger partial charge in [-0.1, -0.05) is 53.7 Å². The zero-order valence-electron chi connectivity index (χ0n) is 13.9. The van der Waals surface area contributed by atoms with Crippen LogP contribution in [0.3, 0.4) is 0 Å². The second-order valence-corrected chi connectivity index (χ2v) is 7.88. The van der Waals surface area contributed by atoms with Crippen molar-refractivity contribution in [3.05, 3.63) is 34.9 Å².